The number of para-hydroxylation sites is 2. The normalized spacial score (nSPS) is 10.5. The number of carbonyl (C=O) groups is 2. The molecule has 2 amide bonds. The number of carbonyl (C=O) groups excluding carboxylic acids is 2. The molecular formula is C26H24N4O6. The fraction of sp³-hybridized carbons (Fsp3) is 0.154. The summed E-state index contributed by atoms with van der Waals surface area (Å²) in [5.74, 6) is 0.641. The summed E-state index contributed by atoms with van der Waals surface area (Å²) >= 11 is 0. The Bertz CT molecular complexity index is 1480. The van der Waals surface area contributed by atoms with Gasteiger partial charge >= 0.3 is 0 Å². The number of aromatic nitrogens is 2. The summed E-state index contributed by atoms with van der Waals surface area (Å²) in [6.07, 6.45) is 1.31. The predicted octanol–water partition coefficient (Wildman–Crippen LogP) is 3.31. The minimum absolute atomic E-state index is 0.244. The molecule has 184 valence electrons. The van der Waals surface area contributed by atoms with Crippen LogP contribution < -0.4 is 30.4 Å². The number of fused-ring (bicyclic) bond motifs is 1. The van der Waals surface area contributed by atoms with Crippen LogP contribution in [0.3, 0.4) is 0 Å². The van der Waals surface area contributed by atoms with Gasteiger partial charge in [-0.3, -0.25) is 19.0 Å². The van der Waals surface area contributed by atoms with Gasteiger partial charge in [0.1, 0.15) is 12.3 Å². The van der Waals surface area contributed by atoms with Crippen molar-refractivity contribution in [3.8, 4) is 17.2 Å². The number of hydrogen-bond acceptors (Lipinski definition) is 7. The average Bonchev–Trinajstić information content (AvgIpc) is 2.90. The lowest BCUT2D eigenvalue weighted by Crippen LogP contribution is -2.28. The van der Waals surface area contributed by atoms with Crippen molar-refractivity contribution in [3.63, 3.8) is 0 Å². The molecule has 0 saturated heterocycles. The third kappa shape index (κ3) is 5.12. The summed E-state index contributed by atoms with van der Waals surface area (Å²) in [4.78, 5) is 42.3. The van der Waals surface area contributed by atoms with Crippen LogP contribution in [0.15, 0.2) is 71.8 Å². The molecule has 1 aromatic heterocycles. The van der Waals surface area contributed by atoms with Gasteiger partial charge in [-0.05, 0) is 42.5 Å². The molecule has 0 aliphatic heterocycles. The van der Waals surface area contributed by atoms with Crippen LogP contribution in [0.5, 0.6) is 17.2 Å². The van der Waals surface area contributed by atoms with Crippen LogP contribution in [0.25, 0.3) is 10.9 Å². The molecule has 2 N–H and O–H groups in total. The van der Waals surface area contributed by atoms with Gasteiger partial charge in [-0.15, -0.1) is 0 Å². The number of methoxy groups -OCH3 is 3. The number of benzene rings is 3. The van der Waals surface area contributed by atoms with Crippen LogP contribution >= 0.6 is 0 Å². The molecule has 0 aliphatic carbocycles. The third-order valence-electron chi connectivity index (χ3n) is 5.43. The zero-order valence-corrected chi connectivity index (χ0v) is 19.9. The molecule has 0 bridgehead atoms. The molecule has 0 spiro atoms. The van der Waals surface area contributed by atoms with Crippen molar-refractivity contribution in [2.75, 3.05) is 32.0 Å². The van der Waals surface area contributed by atoms with Gasteiger partial charge in [0.15, 0.2) is 11.5 Å². The Balaban J connectivity index is 1.44. The van der Waals surface area contributed by atoms with Crippen LogP contribution in [0, 0.1) is 0 Å². The average molecular weight is 489 g/mol. The second-order valence-corrected chi connectivity index (χ2v) is 7.68. The Morgan fingerprint density at radius 3 is 2.22 bits per heavy atom. The Labute approximate surface area is 206 Å². The highest BCUT2D eigenvalue weighted by atomic mass is 16.5. The van der Waals surface area contributed by atoms with Gasteiger partial charge in [0.25, 0.3) is 11.5 Å². The number of ether oxygens (including phenoxy) is 3. The van der Waals surface area contributed by atoms with Crippen LogP contribution in [-0.4, -0.2) is 42.7 Å². The zero-order chi connectivity index (χ0) is 25.7. The quantitative estimate of drug-likeness (QED) is 0.390. The first kappa shape index (κ1) is 24.3. The van der Waals surface area contributed by atoms with E-state index in [1.807, 2.05) is 6.07 Å². The van der Waals surface area contributed by atoms with Gasteiger partial charge in [-0.25, -0.2) is 4.98 Å². The number of nitrogens with zero attached hydrogens (tertiary/aromatic N) is 2. The van der Waals surface area contributed by atoms with Gasteiger partial charge in [-0.2, -0.15) is 0 Å². The topological polar surface area (TPSA) is 121 Å². The van der Waals surface area contributed by atoms with Crippen molar-refractivity contribution >= 4 is 34.1 Å². The van der Waals surface area contributed by atoms with Crippen molar-refractivity contribution in [2.45, 2.75) is 6.54 Å². The summed E-state index contributed by atoms with van der Waals surface area (Å²) in [6.45, 7) is -0.244. The standard InChI is InChI=1S/C26H24N4O6/c1-34-21-7-5-4-6-19(21)29-25(32)16-8-10-17(11-9-16)28-24(31)14-30-15-27-20-13-23(36-3)22(35-2)12-18(20)26(30)33/h4-13,15H,14H2,1-3H3,(H,28,31)(H,29,32). The maximum absolute atomic E-state index is 12.9. The highest BCUT2D eigenvalue weighted by Crippen LogP contribution is 2.29. The van der Waals surface area contributed by atoms with E-state index < -0.39 is 5.91 Å². The first-order valence-corrected chi connectivity index (χ1v) is 10.9. The van der Waals surface area contributed by atoms with Gasteiger partial charge in [0.05, 0.1) is 44.2 Å². The zero-order valence-electron chi connectivity index (χ0n) is 19.9. The molecule has 0 atom stereocenters. The van der Waals surface area contributed by atoms with E-state index >= 15 is 0 Å². The lowest BCUT2D eigenvalue weighted by atomic mass is 10.2. The molecule has 0 saturated carbocycles. The van der Waals surface area contributed by atoms with E-state index in [1.54, 1.807) is 48.5 Å². The molecule has 0 radical (unpaired) electrons. The maximum Gasteiger partial charge on any atom is 0.261 e. The van der Waals surface area contributed by atoms with Crippen molar-refractivity contribution < 1.29 is 23.8 Å². The molecule has 10 nitrogen and oxygen atoms in total. The second-order valence-electron chi connectivity index (χ2n) is 7.68. The van der Waals surface area contributed by atoms with Gasteiger partial charge in [0.2, 0.25) is 5.91 Å². The SMILES string of the molecule is COc1ccccc1NC(=O)c1ccc(NC(=O)Cn2cnc3cc(OC)c(OC)cc3c2=O)cc1. The van der Waals surface area contributed by atoms with E-state index in [4.69, 9.17) is 14.2 Å². The number of rotatable bonds is 8. The number of amides is 2. The maximum atomic E-state index is 12.9. The lowest BCUT2D eigenvalue weighted by Gasteiger charge is -2.11. The summed E-state index contributed by atoms with van der Waals surface area (Å²) < 4.78 is 16.9. The first-order chi connectivity index (χ1) is 17.4. The highest BCUT2D eigenvalue weighted by molar-refractivity contribution is 6.05. The molecule has 0 unspecified atom stereocenters. The summed E-state index contributed by atoms with van der Waals surface area (Å²) in [7, 11) is 4.49. The van der Waals surface area contributed by atoms with Gasteiger partial charge in [0, 0.05) is 17.3 Å². The monoisotopic (exact) mass is 488 g/mol. The number of nitrogens with one attached hydrogen (secondary N) is 2. The molecule has 36 heavy (non-hydrogen) atoms. The first-order valence-electron chi connectivity index (χ1n) is 10.9. The van der Waals surface area contributed by atoms with Crippen LogP contribution in [0.2, 0.25) is 0 Å². The number of hydrogen-bond donors (Lipinski definition) is 2. The molecular weight excluding hydrogens is 464 g/mol. The van der Waals surface area contributed by atoms with Crippen LogP contribution in [0.1, 0.15) is 10.4 Å². The van der Waals surface area contributed by atoms with Gasteiger partial charge in [-0.1, -0.05) is 12.1 Å². The van der Waals surface area contributed by atoms with Crippen molar-refractivity contribution in [2.24, 2.45) is 0 Å². The fourth-order valence-corrected chi connectivity index (χ4v) is 3.60. The minimum atomic E-state index is -0.426. The van der Waals surface area contributed by atoms with E-state index in [0.29, 0.717) is 45.1 Å². The third-order valence-corrected chi connectivity index (χ3v) is 5.43. The molecule has 10 heteroatoms. The Hall–Kier alpha value is -4.86. The van der Waals surface area contributed by atoms with Crippen LogP contribution in [-0.2, 0) is 11.3 Å². The second kappa shape index (κ2) is 10.6. The van der Waals surface area contributed by atoms with Gasteiger partial charge < -0.3 is 24.8 Å². The number of anilines is 2. The Morgan fingerprint density at radius 1 is 0.861 bits per heavy atom. The molecule has 1 heterocycles. The largest absolute Gasteiger partial charge is 0.495 e. The Morgan fingerprint density at radius 2 is 1.53 bits per heavy atom. The predicted molar refractivity (Wildman–Crippen MR) is 135 cm³/mol. The Kier molecular flexibility index (Phi) is 7.15. The van der Waals surface area contributed by atoms with Crippen molar-refractivity contribution in [1.29, 1.82) is 0 Å². The molecule has 0 fully saturated rings. The van der Waals surface area contributed by atoms with E-state index in [2.05, 4.69) is 15.6 Å². The fourth-order valence-electron chi connectivity index (χ4n) is 3.60. The summed E-state index contributed by atoms with van der Waals surface area (Å²) in [5.41, 5.74) is 1.46. The van der Waals surface area contributed by atoms with Crippen molar-refractivity contribution in [3.05, 3.63) is 82.9 Å². The minimum Gasteiger partial charge on any atom is -0.495 e. The highest BCUT2D eigenvalue weighted by Gasteiger charge is 2.14. The van der Waals surface area contributed by atoms with Crippen LogP contribution in [0.4, 0.5) is 11.4 Å². The summed E-state index contributed by atoms with van der Waals surface area (Å²) in [6, 6.07) is 16.6. The molecule has 0 aliphatic rings. The molecule has 4 rings (SSSR count). The lowest BCUT2D eigenvalue weighted by molar-refractivity contribution is -0.116. The molecule has 4 aromatic rings. The summed E-state index contributed by atoms with van der Waals surface area (Å²) in [5, 5.41) is 5.81. The van der Waals surface area contributed by atoms with E-state index in [1.165, 1.54) is 38.3 Å². The smallest absolute Gasteiger partial charge is 0.261 e. The van der Waals surface area contributed by atoms with E-state index in [-0.39, 0.29) is 18.0 Å². The van der Waals surface area contributed by atoms with E-state index in [0.717, 1.165) is 0 Å². The molecule has 3 aromatic carbocycles. The van der Waals surface area contributed by atoms with Crippen molar-refractivity contribution in [1.82, 2.24) is 9.55 Å². The van der Waals surface area contributed by atoms with E-state index in [9.17, 15) is 14.4 Å².